The summed E-state index contributed by atoms with van der Waals surface area (Å²) in [5.74, 6) is 0. The monoisotopic (exact) mass is 227 g/mol. The van der Waals surface area contributed by atoms with Gasteiger partial charge in [0.05, 0.1) is 12.1 Å². The second-order valence-corrected chi connectivity index (χ2v) is 9.35. The maximum Gasteiger partial charge on any atom is 0.234 e. The van der Waals surface area contributed by atoms with E-state index >= 15 is 0 Å². The minimum absolute atomic E-state index is 0.0626. The van der Waals surface area contributed by atoms with Crippen LogP contribution in [0.15, 0.2) is 4.99 Å². The fourth-order valence-corrected chi connectivity index (χ4v) is 6.13. The molecule has 0 bridgehead atoms. The molecule has 1 fully saturated rings. The second kappa shape index (κ2) is 5.06. The van der Waals surface area contributed by atoms with Gasteiger partial charge in [0, 0.05) is 0 Å². The number of nitrogens with zero attached hydrogens (tertiary/aromatic N) is 1. The van der Waals surface area contributed by atoms with Crippen LogP contribution in [0.1, 0.15) is 33.1 Å². The van der Waals surface area contributed by atoms with Crippen molar-refractivity contribution in [1.29, 1.82) is 0 Å². The minimum atomic E-state index is -1.51. The molecule has 1 unspecified atom stereocenters. The van der Waals surface area contributed by atoms with Gasteiger partial charge in [0.2, 0.25) is 6.08 Å². The van der Waals surface area contributed by atoms with Gasteiger partial charge >= 0.3 is 0 Å². The van der Waals surface area contributed by atoms with E-state index in [-0.39, 0.29) is 5.60 Å². The van der Waals surface area contributed by atoms with E-state index in [1.165, 1.54) is 18.9 Å². The van der Waals surface area contributed by atoms with E-state index in [1.54, 1.807) is 6.08 Å². The summed E-state index contributed by atoms with van der Waals surface area (Å²) in [5.41, 5.74) is 0.0626. The lowest BCUT2D eigenvalue weighted by Crippen LogP contribution is -2.47. The zero-order valence-corrected chi connectivity index (χ0v) is 11.0. The molecule has 1 saturated heterocycles. The Morgan fingerprint density at radius 1 is 1.53 bits per heavy atom. The first-order valence-corrected chi connectivity index (χ1v) is 8.54. The highest BCUT2D eigenvalue weighted by molar-refractivity contribution is 6.72. The normalized spacial score (nSPS) is 29.5. The Labute approximate surface area is 93.1 Å². The van der Waals surface area contributed by atoms with Crippen molar-refractivity contribution in [3.05, 3.63) is 0 Å². The summed E-state index contributed by atoms with van der Waals surface area (Å²) in [6.45, 7) is 7.27. The first-order chi connectivity index (χ1) is 6.97. The van der Waals surface area contributed by atoms with Crippen LogP contribution in [0, 0.1) is 0 Å². The maximum absolute atomic E-state index is 9.93. The molecule has 4 heteroatoms. The van der Waals surface area contributed by atoms with Crippen LogP contribution < -0.4 is 0 Å². The molecule has 86 valence electrons. The Morgan fingerprint density at radius 3 is 2.87 bits per heavy atom. The van der Waals surface area contributed by atoms with Crippen LogP contribution in [-0.2, 0) is 9.22 Å². The van der Waals surface area contributed by atoms with Crippen molar-refractivity contribution in [3.8, 4) is 0 Å². The number of hydrogen-bond donors (Lipinski definition) is 0. The third-order valence-electron chi connectivity index (χ3n) is 3.05. The van der Waals surface area contributed by atoms with Gasteiger partial charge in [-0.2, -0.15) is 0 Å². The molecular formula is C11H21NO2Si. The van der Waals surface area contributed by atoms with Gasteiger partial charge in [-0.05, 0) is 45.3 Å². The number of rotatable bonds is 4. The number of aliphatic imine (C=N–C) groups is 1. The minimum Gasteiger partial charge on any atom is -0.412 e. The average molecular weight is 227 g/mol. The molecule has 0 radical (unpaired) electrons. The summed E-state index contributed by atoms with van der Waals surface area (Å²) in [4.78, 5) is 13.5. The van der Waals surface area contributed by atoms with Crippen molar-refractivity contribution in [2.45, 2.75) is 57.3 Å². The molecule has 0 aromatic carbocycles. The van der Waals surface area contributed by atoms with Crippen LogP contribution in [0.25, 0.3) is 0 Å². The summed E-state index contributed by atoms with van der Waals surface area (Å²) in [5, 5.41) is 0. The summed E-state index contributed by atoms with van der Waals surface area (Å²) >= 11 is 0. The molecule has 0 amide bonds. The highest BCUT2D eigenvalue weighted by Gasteiger charge is 2.38. The van der Waals surface area contributed by atoms with Crippen molar-refractivity contribution in [2.24, 2.45) is 4.99 Å². The van der Waals surface area contributed by atoms with Crippen molar-refractivity contribution in [2.75, 3.05) is 6.54 Å². The third kappa shape index (κ3) is 4.28. The van der Waals surface area contributed by atoms with E-state index in [9.17, 15) is 4.79 Å². The zero-order valence-electron chi connectivity index (χ0n) is 10.0. The number of isocyanates is 1. The maximum atomic E-state index is 9.93. The topological polar surface area (TPSA) is 38.7 Å². The van der Waals surface area contributed by atoms with E-state index in [2.05, 4.69) is 25.4 Å². The molecule has 0 spiro atoms. The molecule has 1 rings (SSSR count). The number of carbonyl (C=O) groups excluding carboxylic acids is 1. The lowest BCUT2D eigenvalue weighted by molar-refractivity contribution is 0.0698. The highest BCUT2D eigenvalue weighted by atomic mass is 28.4. The Morgan fingerprint density at radius 2 is 2.27 bits per heavy atom. The fraction of sp³-hybridized carbons (Fsp3) is 0.909. The molecule has 15 heavy (non-hydrogen) atoms. The quantitative estimate of drug-likeness (QED) is 0.320. The summed E-state index contributed by atoms with van der Waals surface area (Å²) < 4.78 is 6.24. The molecule has 1 heterocycles. The van der Waals surface area contributed by atoms with E-state index in [4.69, 9.17) is 4.43 Å². The molecule has 1 aliphatic rings. The fourth-order valence-electron chi connectivity index (χ4n) is 2.41. The smallest absolute Gasteiger partial charge is 0.234 e. The number of hydrogen-bond acceptors (Lipinski definition) is 3. The van der Waals surface area contributed by atoms with Gasteiger partial charge < -0.3 is 4.43 Å². The molecule has 3 nitrogen and oxygen atoms in total. The molecule has 0 saturated carbocycles. The highest BCUT2D eigenvalue weighted by Crippen LogP contribution is 2.35. The van der Waals surface area contributed by atoms with Crippen molar-refractivity contribution < 1.29 is 9.22 Å². The molecule has 0 N–H and O–H groups in total. The standard InChI is InChI=1S/C11H21NO2Si/c1-11(2)6-4-8-15(3,14-11)9-5-7-12-10-13/h4-9H2,1-3H3. The van der Waals surface area contributed by atoms with Crippen LogP contribution >= 0.6 is 0 Å². The van der Waals surface area contributed by atoms with Crippen LogP contribution in [0.2, 0.25) is 18.6 Å². The van der Waals surface area contributed by atoms with Gasteiger partial charge in [-0.25, -0.2) is 9.79 Å². The molecule has 0 aromatic rings. The summed E-state index contributed by atoms with van der Waals surface area (Å²) in [6.07, 6.45) is 5.00. The van der Waals surface area contributed by atoms with E-state index in [1.807, 2.05) is 0 Å². The molecule has 1 atom stereocenters. The Kier molecular flexibility index (Phi) is 4.26. The van der Waals surface area contributed by atoms with Crippen molar-refractivity contribution in [3.63, 3.8) is 0 Å². The predicted molar refractivity (Wildman–Crippen MR) is 63.2 cm³/mol. The first-order valence-electron chi connectivity index (χ1n) is 5.71. The van der Waals surface area contributed by atoms with Crippen molar-refractivity contribution >= 4 is 14.4 Å². The Bertz CT molecular complexity index is 261. The van der Waals surface area contributed by atoms with Gasteiger partial charge in [-0.15, -0.1) is 0 Å². The summed E-state index contributed by atoms with van der Waals surface area (Å²) in [6, 6.07) is 2.36. The Balaban J connectivity index is 2.40. The van der Waals surface area contributed by atoms with Gasteiger partial charge in [0.15, 0.2) is 8.32 Å². The first kappa shape index (κ1) is 12.6. The summed E-state index contributed by atoms with van der Waals surface area (Å²) in [7, 11) is -1.51. The van der Waals surface area contributed by atoms with Crippen LogP contribution in [-0.4, -0.2) is 26.5 Å². The zero-order chi connectivity index (χ0) is 11.4. The Hall–Kier alpha value is -0.443. The van der Waals surface area contributed by atoms with Crippen molar-refractivity contribution in [1.82, 2.24) is 0 Å². The van der Waals surface area contributed by atoms with Gasteiger partial charge in [0.1, 0.15) is 0 Å². The van der Waals surface area contributed by atoms with Crippen LogP contribution in [0.5, 0.6) is 0 Å². The van der Waals surface area contributed by atoms with Crippen LogP contribution in [0.3, 0.4) is 0 Å². The van der Waals surface area contributed by atoms with E-state index in [0.29, 0.717) is 6.54 Å². The van der Waals surface area contributed by atoms with Crippen LogP contribution in [0.4, 0.5) is 0 Å². The molecule has 1 aliphatic heterocycles. The molecule has 0 aliphatic carbocycles. The van der Waals surface area contributed by atoms with E-state index in [0.717, 1.165) is 12.5 Å². The lowest BCUT2D eigenvalue weighted by atomic mass is 10.0. The lowest BCUT2D eigenvalue weighted by Gasteiger charge is -2.42. The average Bonchev–Trinajstić information content (AvgIpc) is 2.10. The predicted octanol–water partition coefficient (Wildman–Crippen LogP) is 2.88. The van der Waals surface area contributed by atoms with Gasteiger partial charge in [-0.3, -0.25) is 0 Å². The molecular weight excluding hydrogens is 206 g/mol. The van der Waals surface area contributed by atoms with Gasteiger partial charge in [0.25, 0.3) is 0 Å². The third-order valence-corrected chi connectivity index (χ3v) is 6.92. The second-order valence-electron chi connectivity index (χ2n) is 5.24. The van der Waals surface area contributed by atoms with Gasteiger partial charge in [-0.1, -0.05) is 6.42 Å². The van der Waals surface area contributed by atoms with E-state index < -0.39 is 8.32 Å². The molecule has 0 aromatic heterocycles. The largest absolute Gasteiger partial charge is 0.412 e. The SMILES string of the molecule is CC1(C)CCC[Si](C)(CCCN=C=O)O1.